The van der Waals surface area contributed by atoms with Gasteiger partial charge < -0.3 is 19.5 Å². The molecule has 0 radical (unpaired) electrons. The van der Waals surface area contributed by atoms with Gasteiger partial charge in [0.05, 0.1) is 11.4 Å². The first-order valence-corrected chi connectivity index (χ1v) is 18.0. The summed E-state index contributed by atoms with van der Waals surface area (Å²) in [5.74, 6) is 3.40. The number of nitrogens with zero attached hydrogens (tertiary/aromatic N) is 1. The van der Waals surface area contributed by atoms with Crippen LogP contribution in [-0.4, -0.2) is 21.4 Å². The first kappa shape index (κ1) is 28.7. The molecule has 0 saturated heterocycles. The van der Waals surface area contributed by atoms with Crippen molar-refractivity contribution in [2.45, 2.75) is 102 Å². The topological polar surface area (TPSA) is 54.6 Å². The molecule has 238 valence electrons. The summed E-state index contributed by atoms with van der Waals surface area (Å²) in [4.78, 5) is 0. The monoisotopic (exact) mass is 613 g/mol. The predicted molar refractivity (Wildman–Crippen MR) is 183 cm³/mol. The Kier molecular flexibility index (Phi) is 6.89. The number of aromatic nitrogens is 1. The van der Waals surface area contributed by atoms with Gasteiger partial charge in [-0.25, -0.2) is 0 Å². The minimum Gasteiger partial charge on any atom is -0.504 e. The van der Waals surface area contributed by atoms with Crippen LogP contribution < -0.4 is 4.74 Å². The van der Waals surface area contributed by atoms with Gasteiger partial charge >= 0.3 is 0 Å². The fourth-order valence-electron chi connectivity index (χ4n) is 10.2. The van der Waals surface area contributed by atoms with Crippen LogP contribution in [-0.2, 0) is 37.6 Å². The zero-order chi connectivity index (χ0) is 31.0. The number of benzene rings is 3. The van der Waals surface area contributed by atoms with E-state index in [2.05, 4.69) is 66.1 Å². The molecule has 2 saturated carbocycles. The Morgan fingerprint density at radius 2 is 1.74 bits per heavy atom. The molecule has 1 unspecified atom stereocenters. The molecular weight excluding hydrogens is 566 g/mol. The van der Waals surface area contributed by atoms with Crippen molar-refractivity contribution in [3.8, 4) is 22.8 Å². The smallest absolute Gasteiger partial charge is 0.166 e. The molecule has 4 heteroatoms. The molecule has 3 aromatic carbocycles. The number of fused-ring (bicyclic) bond motifs is 4. The maximum atomic E-state index is 11.3. The highest BCUT2D eigenvalue weighted by Crippen LogP contribution is 2.65. The van der Waals surface area contributed by atoms with Crippen molar-refractivity contribution < 1.29 is 14.9 Å². The maximum absolute atomic E-state index is 11.3. The minimum absolute atomic E-state index is 0.116. The number of hydrogen-bond donors (Lipinski definition) is 2. The zero-order valence-corrected chi connectivity index (χ0v) is 27.2. The molecule has 1 spiro atoms. The fourth-order valence-corrected chi connectivity index (χ4v) is 10.2. The lowest BCUT2D eigenvalue weighted by atomic mass is 9.62. The van der Waals surface area contributed by atoms with Crippen LogP contribution in [0.3, 0.4) is 0 Å². The van der Waals surface area contributed by atoms with Crippen molar-refractivity contribution in [3.05, 3.63) is 105 Å². The zero-order valence-electron chi connectivity index (χ0n) is 27.2. The second-order valence-electron chi connectivity index (χ2n) is 15.4. The van der Waals surface area contributed by atoms with E-state index in [0.29, 0.717) is 12.3 Å². The molecule has 2 N–H and O–H groups in total. The van der Waals surface area contributed by atoms with E-state index in [1.54, 1.807) is 0 Å². The Hall–Kier alpha value is -3.50. The van der Waals surface area contributed by atoms with E-state index in [4.69, 9.17) is 4.74 Å². The van der Waals surface area contributed by atoms with Gasteiger partial charge in [-0.3, -0.25) is 0 Å². The summed E-state index contributed by atoms with van der Waals surface area (Å²) in [5.41, 5.74) is 13.0. The number of phenols is 1. The van der Waals surface area contributed by atoms with Gasteiger partial charge in [0.1, 0.15) is 6.10 Å². The molecule has 4 atom stereocenters. The van der Waals surface area contributed by atoms with Gasteiger partial charge in [0.15, 0.2) is 11.5 Å². The summed E-state index contributed by atoms with van der Waals surface area (Å²) in [6.07, 6.45) is 13.9. The molecule has 4 aliphatic carbocycles. The van der Waals surface area contributed by atoms with E-state index in [-0.39, 0.29) is 23.9 Å². The Labute approximate surface area is 273 Å². The van der Waals surface area contributed by atoms with Gasteiger partial charge in [0.25, 0.3) is 0 Å². The number of aliphatic hydroxyl groups is 1. The van der Waals surface area contributed by atoms with Crippen molar-refractivity contribution in [1.29, 1.82) is 0 Å². The molecule has 2 fully saturated rings. The molecule has 0 amide bonds. The summed E-state index contributed by atoms with van der Waals surface area (Å²) < 4.78 is 9.81. The van der Waals surface area contributed by atoms with Crippen LogP contribution in [0.4, 0.5) is 0 Å². The standard InChI is InChI=1S/C42H47NO3/c1-26-6-8-29(9-7-26)25-43-38-33-5-3-2-4-31(33)14-16-34(38)35(19-21-44)39(43)41-42-20-18-28(13-12-27-10-11-27)22-30(24-42)23-32-15-17-36(45)40(46-41)37(32)42/h2-9,15,17,27-28,30,41,44-45H,10-14,16,18-25H2,1H3/t28?,30-,41+,42+/m1/s1. The normalized spacial score (nSPS) is 25.7. The Balaban J connectivity index is 1.25. The molecule has 4 aromatic rings. The third-order valence-electron chi connectivity index (χ3n) is 12.5. The highest BCUT2D eigenvalue weighted by molar-refractivity contribution is 5.74. The minimum atomic E-state index is -0.190. The third-order valence-corrected chi connectivity index (χ3v) is 12.5. The van der Waals surface area contributed by atoms with E-state index < -0.39 is 0 Å². The van der Waals surface area contributed by atoms with Gasteiger partial charge in [-0.2, -0.15) is 0 Å². The lowest BCUT2D eigenvalue weighted by molar-refractivity contribution is 0.107. The number of ether oxygens (including phenoxy) is 1. The Bertz CT molecular complexity index is 1800. The number of aryl methyl sites for hydroxylation is 2. The van der Waals surface area contributed by atoms with Crippen molar-refractivity contribution in [1.82, 2.24) is 4.57 Å². The largest absolute Gasteiger partial charge is 0.504 e. The van der Waals surface area contributed by atoms with E-state index in [9.17, 15) is 10.2 Å². The van der Waals surface area contributed by atoms with E-state index in [1.807, 2.05) is 6.07 Å². The van der Waals surface area contributed by atoms with Crippen LogP contribution in [0.5, 0.6) is 11.5 Å². The van der Waals surface area contributed by atoms with Crippen LogP contribution in [0, 0.1) is 24.7 Å². The Morgan fingerprint density at radius 3 is 2.57 bits per heavy atom. The maximum Gasteiger partial charge on any atom is 0.166 e. The van der Waals surface area contributed by atoms with Gasteiger partial charge in [0.2, 0.25) is 0 Å². The second kappa shape index (κ2) is 11.0. The number of phenolic OH excluding ortho intramolecular Hbond substituents is 1. The molecule has 4 nitrogen and oxygen atoms in total. The van der Waals surface area contributed by atoms with Gasteiger partial charge in [-0.05, 0) is 110 Å². The van der Waals surface area contributed by atoms with Crippen molar-refractivity contribution >= 4 is 0 Å². The van der Waals surface area contributed by atoms with Crippen molar-refractivity contribution in [2.24, 2.45) is 17.8 Å². The van der Waals surface area contributed by atoms with Gasteiger partial charge in [0, 0.05) is 29.7 Å². The summed E-state index contributed by atoms with van der Waals surface area (Å²) in [5, 5.41) is 21.9. The van der Waals surface area contributed by atoms with Crippen molar-refractivity contribution in [2.75, 3.05) is 6.61 Å². The molecule has 5 aliphatic rings. The van der Waals surface area contributed by atoms with Crippen molar-refractivity contribution in [3.63, 3.8) is 0 Å². The molecule has 2 bridgehead atoms. The van der Waals surface area contributed by atoms with Crippen LogP contribution in [0.15, 0.2) is 60.7 Å². The SMILES string of the molecule is Cc1ccc(Cn2c3c(c(CCO)c2[C@@H]2Oc4c(O)ccc5c4[C@@]24CCC(CCC2CC2)C[C@H](C5)C4)CCc2ccccc2-3)cc1. The molecular formula is C42H47NO3. The first-order valence-electron chi connectivity index (χ1n) is 18.0. The summed E-state index contributed by atoms with van der Waals surface area (Å²) in [6, 6.07) is 22.0. The number of aromatic hydroxyl groups is 1. The highest BCUT2D eigenvalue weighted by atomic mass is 16.5. The summed E-state index contributed by atoms with van der Waals surface area (Å²) in [6.45, 7) is 3.03. The number of hydrogen-bond acceptors (Lipinski definition) is 3. The summed E-state index contributed by atoms with van der Waals surface area (Å²) in [7, 11) is 0. The average Bonchev–Trinajstić information content (AvgIpc) is 3.80. The molecule has 1 aliphatic heterocycles. The van der Waals surface area contributed by atoms with Crippen LogP contribution in [0.25, 0.3) is 11.3 Å². The molecule has 46 heavy (non-hydrogen) atoms. The Morgan fingerprint density at radius 1 is 0.913 bits per heavy atom. The lowest BCUT2D eigenvalue weighted by Gasteiger charge is -2.41. The molecule has 9 rings (SSSR count). The lowest BCUT2D eigenvalue weighted by Crippen LogP contribution is -2.38. The predicted octanol–water partition coefficient (Wildman–Crippen LogP) is 8.78. The number of aliphatic hydroxyl groups excluding tert-OH is 1. The fraction of sp³-hybridized carbons (Fsp3) is 0.476. The van der Waals surface area contributed by atoms with Crippen LogP contribution in [0.2, 0.25) is 0 Å². The average molecular weight is 614 g/mol. The first-order chi connectivity index (χ1) is 22.5. The van der Waals surface area contributed by atoms with Crippen LogP contribution in [0.1, 0.15) is 102 Å². The quantitative estimate of drug-likeness (QED) is 0.209. The van der Waals surface area contributed by atoms with E-state index in [1.165, 1.54) is 94.4 Å². The van der Waals surface area contributed by atoms with Gasteiger partial charge in [-0.15, -0.1) is 0 Å². The third kappa shape index (κ3) is 4.58. The van der Waals surface area contributed by atoms with Gasteiger partial charge in [-0.1, -0.05) is 85.8 Å². The number of rotatable bonds is 8. The second-order valence-corrected chi connectivity index (χ2v) is 15.4. The molecule has 2 heterocycles. The highest BCUT2D eigenvalue weighted by Gasteiger charge is 2.57. The van der Waals surface area contributed by atoms with E-state index >= 15 is 0 Å². The summed E-state index contributed by atoms with van der Waals surface area (Å²) >= 11 is 0. The van der Waals surface area contributed by atoms with E-state index in [0.717, 1.165) is 56.2 Å². The van der Waals surface area contributed by atoms with Crippen LogP contribution >= 0.6 is 0 Å². The molecule has 1 aromatic heterocycles.